The fourth-order valence-electron chi connectivity index (χ4n) is 4.89. The number of rotatable bonds is 13. The summed E-state index contributed by atoms with van der Waals surface area (Å²) >= 11 is 0. The van der Waals surface area contributed by atoms with Crippen LogP contribution in [0.25, 0.3) is 0 Å². The Labute approximate surface area is 250 Å². The van der Waals surface area contributed by atoms with Crippen LogP contribution in [0.1, 0.15) is 43.7 Å². The van der Waals surface area contributed by atoms with Crippen LogP contribution in [0.5, 0.6) is 11.5 Å². The van der Waals surface area contributed by atoms with Crippen molar-refractivity contribution >= 4 is 34.0 Å². The van der Waals surface area contributed by atoms with Gasteiger partial charge < -0.3 is 15.4 Å². The lowest BCUT2D eigenvalue weighted by molar-refractivity contribution is -0.123. The number of amides is 1. The highest BCUT2D eigenvalue weighted by Crippen LogP contribution is 2.24. The summed E-state index contributed by atoms with van der Waals surface area (Å²) in [4.78, 5) is 15.3. The van der Waals surface area contributed by atoms with Gasteiger partial charge >= 0.3 is 0 Å². The Morgan fingerprint density at radius 1 is 0.927 bits per heavy atom. The van der Waals surface area contributed by atoms with E-state index in [4.69, 9.17) is 4.74 Å². The molecule has 1 aliphatic heterocycles. The summed E-state index contributed by atoms with van der Waals surface area (Å²) in [5.74, 6) is 1.44. The van der Waals surface area contributed by atoms with Crippen LogP contribution >= 0.6 is 12.4 Å². The number of hydrogen-bond acceptors (Lipinski definition) is 6. The summed E-state index contributed by atoms with van der Waals surface area (Å²) in [7, 11) is -3.31. The summed E-state index contributed by atoms with van der Waals surface area (Å²) in [5.41, 5.74) is 2.82. The summed E-state index contributed by atoms with van der Waals surface area (Å²) in [6.07, 6.45) is 4.93. The van der Waals surface area contributed by atoms with Gasteiger partial charge in [-0.15, -0.1) is 12.4 Å². The number of sulfonamides is 1. The molecule has 3 aromatic carbocycles. The molecule has 0 saturated carbocycles. The van der Waals surface area contributed by atoms with Gasteiger partial charge in [-0.2, -0.15) is 0 Å². The minimum atomic E-state index is -3.31. The first-order chi connectivity index (χ1) is 19.3. The fraction of sp³-hybridized carbons (Fsp3) is 0.387. The van der Waals surface area contributed by atoms with Crippen LogP contribution in [-0.4, -0.2) is 50.7 Å². The van der Waals surface area contributed by atoms with Crippen molar-refractivity contribution in [3.05, 3.63) is 90.0 Å². The maximum atomic E-state index is 12.9. The van der Waals surface area contributed by atoms with Crippen LogP contribution in [0.2, 0.25) is 0 Å². The molecule has 1 heterocycles. The van der Waals surface area contributed by atoms with E-state index < -0.39 is 10.0 Å². The molecule has 0 bridgehead atoms. The van der Waals surface area contributed by atoms with Crippen LogP contribution in [0.15, 0.2) is 78.9 Å². The molecule has 3 aromatic rings. The van der Waals surface area contributed by atoms with E-state index in [0.29, 0.717) is 24.0 Å². The lowest BCUT2D eigenvalue weighted by Gasteiger charge is -2.34. The van der Waals surface area contributed by atoms with E-state index >= 15 is 0 Å². The van der Waals surface area contributed by atoms with E-state index in [9.17, 15) is 13.2 Å². The third-order valence-electron chi connectivity index (χ3n) is 6.95. The molecule has 1 saturated heterocycles. The van der Waals surface area contributed by atoms with E-state index in [1.807, 2.05) is 42.5 Å². The molecule has 8 nitrogen and oxygen atoms in total. The molecule has 222 valence electrons. The summed E-state index contributed by atoms with van der Waals surface area (Å²) in [6, 6.07) is 25.1. The molecule has 0 spiro atoms. The first-order valence-corrected chi connectivity index (χ1v) is 15.8. The van der Waals surface area contributed by atoms with E-state index in [0.717, 1.165) is 62.9 Å². The Morgan fingerprint density at radius 3 is 2.12 bits per heavy atom. The zero-order chi connectivity index (χ0) is 28.4. The van der Waals surface area contributed by atoms with Crippen molar-refractivity contribution in [2.45, 2.75) is 57.8 Å². The summed E-state index contributed by atoms with van der Waals surface area (Å²) in [5, 5.41) is 6.73. The van der Waals surface area contributed by atoms with Crippen LogP contribution in [-0.2, 0) is 27.9 Å². The van der Waals surface area contributed by atoms with Gasteiger partial charge in [0.25, 0.3) is 0 Å². The van der Waals surface area contributed by atoms with Gasteiger partial charge in [0.15, 0.2) is 0 Å². The molecule has 1 atom stereocenters. The molecule has 0 aromatic heterocycles. The van der Waals surface area contributed by atoms with Crippen LogP contribution in [0.3, 0.4) is 0 Å². The molecule has 3 N–H and O–H groups in total. The molecule has 1 amide bonds. The zero-order valence-electron chi connectivity index (χ0n) is 23.7. The molecule has 4 rings (SSSR count). The Hall–Kier alpha value is -3.11. The largest absolute Gasteiger partial charge is 0.457 e. The molecule has 41 heavy (non-hydrogen) atoms. The zero-order valence-corrected chi connectivity index (χ0v) is 25.3. The Kier molecular flexibility index (Phi) is 12.5. The Bertz CT molecular complexity index is 1310. The van der Waals surface area contributed by atoms with Crippen molar-refractivity contribution < 1.29 is 17.9 Å². The highest BCUT2D eigenvalue weighted by Gasteiger charge is 2.25. The summed E-state index contributed by atoms with van der Waals surface area (Å²) in [6.45, 7) is 5.50. The molecular formula is C31H41ClN4O4S. The number of likely N-dealkylation sites (tertiary alicyclic amines) is 1. The average molecular weight is 601 g/mol. The quantitative estimate of drug-likeness (QED) is 0.246. The second kappa shape index (κ2) is 15.8. The third kappa shape index (κ3) is 11.0. The maximum Gasteiger partial charge on any atom is 0.237 e. The number of ether oxygens (including phenoxy) is 1. The van der Waals surface area contributed by atoms with Crippen molar-refractivity contribution in [3.63, 3.8) is 0 Å². The number of benzene rings is 3. The number of nitrogens with zero attached hydrogens (tertiary/aromatic N) is 1. The number of carbonyl (C=O) groups excluding carboxylic acids is 1. The van der Waals surface area contributed by atoms with Gasteiger partial charge in [-0.05, 0) is 79.9 Å². The number of carbonyl (C=O) groups is 1. The van der Waals surface area contributed by atoms with Crippen molar-refractivity contribution in [2.24, 2.45) is 0 Å². The van der Waals surface area contributed by atoms with Gasteiger partial charge in [0, 0.05) is 24.8 Å². The molecule has 10 heteroatoms. The second-order valence-electron chi connectivity index (χ2n) is 10.4. The maximum absolute atomic E-state index is 12.9. The Morgan fingerprint density at radius 2 is 1.54 bits per heavy atom. The first kappa shape index (κ1) is 32.4. The van der Waals surface area contributed by atoms with Crippen molar-refractivity contribution in [2.75, 3.05) is 24.1 Å². The van der Waals surface area contributed by atoms with E-state index in [2.05, 4.69) is 39.3 Å². The molecule has 0 aliphatic carbocycles. The number of piperidine rings is 1. The van der Waals surface area contributed by atoms with Gasteiger partial charge in [-0.1, -0.05) is 55.8 Å². The van der Waals surface area contributed by atoms with Crippen LogP contribution in [0.4, 0.5) is 5.69 Å². The fourth-order valence-corrected chi connectivity index (χ4v) is 5.46. The lowest BCUT2D eigenvalue weighted by atomic mass is 10.0. The Balaban J connectivity index is 0.00000462. The standard InChI is InChI=1S/C31H40N4O4S.ClH/c1-3-7-30(31(36)32-22-24-8-5-4-6-9-24)33-26-18-20-35(21-19-26)23-25-10-14-28(15-11-25)39-29-16-12-27(13-17-29)34-40(2,37)38;/h4-6,8-17,26,30,33-34H,3,7,18-23H2,1-2H3,(H,32,36);1H. The highest BCUT2D eigenvalue weighted by molar-refractivity contribution is 7.92. The van der Waals surface area contributed by atoms with Gasteiger partial charge in [0.05, 0.1) is 12.3 Å². The monoisotopic (exact) mass is 600 g/mol. The smallest absolute Gasteiger partial charge is 0.237 e. The van der Waals surface area contributed by atoms with Crippen molar-refractivity contribution in [1.29, 1.82) is 0 Å². The number of halogens is 1. The topological polar surface area (TPSA) is 99.8 Å². The molecular weight excluding hydrogens is 560 g/mol. The third-order valence-corrected chi connectivity index (χ3v) is 7.56. The normalized spacial score (nSPS) is 15.0. The molecule has 1 aliphatic rings. The van der Waals surface area contributed by atoms with Gasteiger partial charge in [0.1, 0.15) is 11.5 Å². The highest BCUT2D eigenvalue weighted by atomic mass is 35.5. The molecule has 1 unspecified atom stereocenters. The van der Waals surface area contributed by atoms with Crippen LogP contribution < -0.4 is 20.1 Å². The number of hydrogen-bond donors (Lipinski definition) is 3. The second-order valence-corrected chi connectivity index (χ2v) is 12.2. The van der Waals surface area contributed by atoms with E-state index in [1.165, 1.54) is 5.56 Å². The lowest BCUT2D eigenvalue weighted by Crippen LogP contribution is -2.51. The predicted molar refractivity (Wildman–Crippen MR) is 167 cm³/mol. The van der Waals surface area contributed by atoms with Crippen molar-refractivity contribution in [3.8, 4) is 11.5 Å². The minimum absolute atomic E-state index is 0. The van der Waals surface area contributed by atoms with Crippen LogP contribution in [0, 0.1) is 0 Å². The van der Waals surface area contributed by atoms with Gasteiger partial charge in [-0.3, -0.25) is 14.4 Å². The SMILES string of the molecule is CCCC(NC1CCN(Cc2ccc(Oc3ccc(NS(C)(=O)=O)cc3)cc2)CC1)C(=O)NCc1ccccc1.Cl. The number of nitrogens with one attached hydrogen (secondary N) is 3. The van der Waals surface area contributed by atoms with Gasteiger partial charge in [0.2, 0.25) is 15.9 Å². The average Bonchev–Trinajstić information content (AvgIpc) is 2.94. The van der Waals surface area contributed by atoms with Gasteiger partial charge in [-0.25, -0.2) is 8.42 Å². The van der Waals surface area contributed by atoms with E-state index in [1.54, 1.807) is 24.3 Å². The van der Waals surface area contributed by atoms with Crippen molar-refractivity contribution in [1.82, 2.24) is 15.5 Å². The summed E-state index contributed by atoms with van der Waals surface area (Å²) < 4.78 is 31.1. The first-order valence-electron chi connectivity index (χ1n) is 13.9. The number of anilines is 1. The molecule has 1 fully saturated rings. The molecule has 0 radical (unpaired) electrons. The van der Waals surface area contributed by atoms with E-state index in [-0.39, 0.29) is 24.4 Å². The minimum Gasteiger partial charge on any atom is -0.457 e. The predicted octanol–water partition coefficient (Wildman–Crippen LogP) is 5.31.